The lowest BCUT2D eigenvalue weighted by molar-refractivity contribution is 0.0700. The number of nitrogens with one attached hydrogen (secondary N) is 3. The molecule has 170 valence electrons. The number of halogens is 2. The summed E-state index contributed by atoms with van der Waals surface area (Å²) in [5, 5.41) is 13.3. The van der Waals surface area contributed by atoms with Crippen LogP contribution in [0.3, 0.4) is 0 Å². The molecule has 2 aromatic heterocycles. The molecular formula is C17H21Cl2N5O5S2. The molecule has 0 spiro atoms. The molecule has 1 saturated heterocycles. The number of sulfonamides is 1. The second kappa shape index (κ2) is 9.33. The molecule has 3 rings (SSSR count). The van der Waals surface area contributed by atoms with Gasteiger partial charge in [0.15, 0.2) is 5.13 Å². The van der Waals surface area contributed by atoms with Crippen LogP contribution in [0.25, 0.3) is 0 Å². The van der Waals surface area contributed by atoms with Crippen molar-refractivity contribution in [1.82, 2.24) is 20.0 Å². The maximum atomic E-state index is 12.5. The van der Waals surface area contributed by atoms with Crippen LogP contribution in [0.4, 0.5) is 5.13 Å². The quantitative estimate of drug-likeness (QED) is 0.447. The zero-order valence-corrected chi connectivity index (χ0v) is 19.8. The number of carboxylic acid groups (broad SMARTS) is 1. The number of aromatic nitrogens is 2. The number of rotatable bonds is 7. The molecule has 0 aliphatic carbocycles. The summed E-state index contributed by atoms with van der Waals surface area (Å²) in [7, 11) is -3.48. The fraction of sp³-hybridized carbons (Fsp3) is 0.471. The molecule has 2 aromatic rings. The largest absolute Gasteiger partial charge is 0.477 e. The molecule has 1 fully saturated rings. The van der Waals surface area contributed by atoms with Crippen molar-refractivity contribution < 1.29 is 23.1 Å². The number of carbonyl (C=O) groups excluding carboxylic acids is 1. The Balaban J connectivity index is 1.63. The molecule has 1 aliphatic heterocycles. The maximum Gasteiger partial charge on any atom is 0.347 e. The minimum absolute atomic E-state index is 0.00443. The van der Waals surface area contributed by atoms with Gasteiger partial charge in [-0.05, 0) is 19.8 Å². The van der Waals surface area contributed by atoms with Gasteiger partial charge >= 0.3 is 5.97 Å². The highest BCUT2D eigenvalue weighted by Gasteiger charge is 2.27. The highest BCUT2D eigenvalue weighted by Crippen LogP contribution is 2.30. The van der Waals surface area contributed by atoms with Gasteiger partial charge in [-0.25, -0.2) is 22.9 Å². The molecule has 1 amide bonds. The van der Waals surface area contributed by atoms with Crippen LogP contribution < -0.4 is 14.9 Å². The van der Waals surface area contributed by atoms with Crippen molar-refractivity contribution in [3.05, 3.63) is 32.0 Å². The summed E-state index contributed by atoms with van der Waals surface area (Å²) >= 11 is 13.1. The van der Waals surface area contributed by atoms with E-state index in [0.717, 1.165) is 17.6 Å². The topological polar surface area (TPSA) is 144 Å². The van der Waals surface area contributed by atoms with E-state index in [4.69, 9.17) is 23.2 Å². The zero-order chi connectivity index (χ0) is 22.9. The fourth-order valence-electron chi connectivity index (χ4n) is 3.16. The number of aryl methyl sites for hydroxylation is 1. The van der Waals surface area contributed by atoms with E-state index in [9.17, 15) is 23.1 Å². The van der Waals surface area contributed by atoms with Gasteiger partial charge in [0.1, 0.15) is 10.6 Å². The summed E-state index contributed by atoms with van der Waals surface area (Å²) in [6, 6.07) is -0.0903. The minimum Gasteiger partial charge on any atom is -0.477 e. The van der Waals surface area contributed by atoms with E-state index in [1.165, 1.54) is 0 Å². The number of anilines is 1. The summed E-state index contributed by atoms with van der Waals surface area (Å²) in [6.45, 7) is 2.63. The number of H-pyrrole nitrogens is 1. The number of hydrogen-bond donors (Lipinski definition) is 4. The van der Waals surface area contributed by atoms with E-state index in [-0.39, 0.29) is 39.8 Å². The van der Waals surface area contributed by atoms with Gasteiger partial charge in [0.2, 0.25) is 10.0 Å². The SMILES string of the molecule is Cc1[nH]c(C(=O)NC2CCN(c3nc(CNS(C)(=O)=O)c(C(=O)O)s3)CC2)c(Cl)c1Cl. The van der Waals surface area contributed by atoms with Crippen LogP contribution in [0.1, 0.15) is 44.4 Å². The highest BCUT2D eigenvalue weighted by molar-refractivity contribution is 7.88. The van der Waals surface area contributed by atoms with Crippen LogP contribution >= 0.6 is 34.5 Å². The fourth-order valence-corrected chi connectivity index (χ4v) is 4.95. The summed E-state index contributed by atoms with van der Waals surface area (Å²) < 4.78 is 24.9. The Morgan fingerprint density at radius 2 is 1.94 bits per heavy atom. The Hall–Kier alpha value is -1.86. The van der Waals surface area contributed by atoms with Crippen LogP contribution in [0, 0.1) is 6.92 Å². The summed E-state index contributed by atoms with van der Waals surface area (Å²) in [6.07, 6.45) is 2.24. The van der Waals surface area contributed by atoms with Crippen molar-refractivity contribution in [2.75, 3.05) is 24.2 Å². The second-order valence-electron chi connectivity index (χ2n) is 7.16. The van der Waals surface area contributed by atoms with E-state index in [2.05, 4.69) is 20.0 Å². The molecule has 10 nitrogen and oxygen atoms in total. The lowest BCUT2D eigenvalue weighted by atomic mass is 10.1. The first-order chi connectivity index (χ1) is 14.5. The smallest absolute Gasteiger partial charge is 0.347 e. The van der Waals surface area contributed by atoms with Gasteiger partial charge in [-0.15, -0.1) is 0 Å². The molecule has 0 atom stereocenters. The summed E-state index contributed by atoms with van der Waals surface area (Å²) in [4.78, 5) is 33.1. The van der Waals surface area contributed by atoms with Crippen LogP contribution in [0.5, 0.6) is 0 Å². The number of hydrogen-bond acceptors (Lipinski definition) is 7. The Morgan fingerprint density at radius 3 is 2.45 bits per heavy atom. The third-order valence-corrected chi connectivity index (χ3v) is 7.53. The molecule has 0 aromatic carbocycles. The van der Waals surface area contributed by atoms with Gasteiger partial charge in [-0.1, -0.05) is 34.5 Å². The van der Waals surface area contributed by atoms with Gasteiger partial charge in [0.05, 0.1) is 28.5 Å². The molecule has 14 heteroatoms. The number of aromatic amines is 1. The van der Waals surface area contributed by atoms with E-state index < -0.39 is 16.0 Å². The standard InChI is InChI=1S/C17H21Cl2N5O5S2/c1-8-11(18)12(19)13(21-8)15(25)22-9-3-5-24(6-4-9)17-23-10(7-20-31(2,28)29)14(30-17)16(26)27/h9,20-21H,3-7H2,1-2H3,(H,22,25)(H,26,27). The van der Waals surface area contributed by atoms with Gasteiger partial charge < -0.3 is 20.3 Å². The number of piperidine rings is 1. The maximum absolute atomic E-state index is 12.5. The van der Waals surface area contributed by atoms with Gasteiger partial charge in [0, 0.05) is 24.8 Å². The predicted molar refractivity (Wildman–Crippen MR) is 119 cm³/mol. The predicted octanol–water partition coefficient (Wildman–Crippen LogP) is 2.23. The van der Waals surface area contributed by atoms with Gasteiger partial charge in [-0.2, -0.15) is 0 Å². The first kappa shape index (κ1) is 23.8. The van der Waals surface area contributed by atoms with Crippen LogP contribution in [0.15, 0.2) is 0 Å². The molecule has 0 bridgehead atoms. The van der Waals surface area contributed by atoms with Gasteiger partial charge in [0.25, 0.3) is 5.91 Å². The monoisotopic (exact) mass is 509 g/mol. The zero-order valence-electron chi connectivity index (χ0n) is 16.7. The third kappa shape index (κ3) is 5.69. The molecular weight excluding hydrogens is 489 g/mol. The Bertz CT molecular complexity index is 1110. The molecule has 4 N–H and O–H groups in total. The number of aromatic carboxylic acids is 1. The van der Waals surface area contributed by atoms with E-state index in [1.54, 1.807) is 6.92 Å². The summed E-state index contributed by atoms with van der Waals surface area (Å²) in [5.74, 6) is -1.50. The lowest BCUT2D eigenvalue weighted by Crippen LogP contribution is -2.44. The molecule has 0 unspecified atom stereocenters. The average Bonchev–Trinajstić information content (AvgIpc) is 3.23. The van der Waals surface area contributed by atoms with E-state index in [0.29, 0.717) is 41.8 Å². The highest BCUT2D eigenvalue weighted by atomic mass is 35.5. The first-order valence-corrected chi connectivity index (χ1v) is 12.7. The Morgan fingerprint density at radius 1 is 1.29 bits per heavy atom. The first-order valence-electron chi connectivity index (χ1n) is 9.23. The van der Waals surface area contributed by atoms with Crippen molar-refractivity contribution in [1.29, 1.82) is 0 Å². The van der Waals surface area contributed by atoms with E-state index in [1.807, 2.05) is 4.90 Å². The number of amides is 1. The molecule has 0 saturated carbocycles. The number of thiazole rings is 1. The van der Waals surface area contributed by atoms with E-state index >= 15 is 0 Å². The normalized spacial score (nSPS) is 15.3. The third-order valence-electron chi connectivity index (χ3n) is 4.76. The number of carbonyl (C=O) groups is 2. The van der Waals surface area contributed by atoms with Crippen LogP contribution in [-0.2, 0) is 16.6 Å². The average molecular weight is 510 g/mol. The van der Waals surface area contributed by atoms with Crippen molar-refractivity contribution in [2.45, 2.75) is 32.4 Å². The van der Waals surface area contributed by atoms with Crippen molar-refractivity contribution in [3.8, 4) is 0 Å². The molecule has 3 heterocycles. The van der Waals surface area contributed by atoms with Crippen LogP contribution in [-0.4, -0.2) is 60.8 Å². The molecule has 31 heavy (non-hydrogen) atoms. The second-order valence-corrected chi connectivity index (χ2v) is 10.7. The van der Waals surface area contributed by atoms with Crippen molar-refractivity contribution >= 4 is 61.6 Å². The summed E-state index contributed by atoms with van der Waals surface area (Å²) in [5.41, 5.74) is 1.01. The molecule has 0 radical (unpaired) electrons. The van der Waals surface area contributed by atoms with Crippen molar-refractivity contribution in [2.24, 2.45) is 0 Å². The number of nitrogens with zero attached hydrogens (tertiary/aromatic N) is 2. The van der Waals surface area contributed by atoms with Crippen molar-refractivity contribution in [3.63, 3.8) is 0 Å². The van der Waals surface area contributed by atoms with Gasteiger partial charge in [-0.3, -0.25) is 4.79 Å². The molecule has 1 aliphatic rings. The minimum atomic E-state index is -3.48. The lowest BCUT2D eigenvalue weighted by Gasteiger charge is -2.32. The van der Waals surface area contributed by atoms with Crippen LogP contribution in [0.2, 0.25) is 10.0 Å². The Kier molecular flexibility index (Phi) is 7.16. The Labute approximate surface area is 193 Å². The number of carboxylic acids is 1.